The van der Waals surface area contributed by atoms with Gasteiger partial charge in [-0.15, -0.1) is 0 Å². The summed E-state index contributed by atoms with van der Waals surface area (Å²) in [5.74, 6) is -2.12. The van der Waals surface area contributed by atoms with Gasteiger partial charge in [0.05, 0.1) is 17.6 Å². The first kappa shape index (κ1) is 20.3. The second kappa shape index (κ2) is 8.12. The molecule has 1 atom stereocenters. The summed E-state index contributed by atoms with van der Waals surface area (Å²) in [6, 6.07) is 0.151. The molecule has 0 radical (unpaired) electrons. The molecule has 0 saturated heterocycles. The SMILES string of the molecule is CCn1c(=O)[nH]c(=O)c2c(C(=O)NC(COC)C(=O)O)cc(C(C)C)nc21. The number of fused-ring (bicyclic) bond motifs is 1. The van der Waals surface area contributed by atoms with Crippen LogP contribution >= 0.6 is 0 Å². The maximum atomic E-state index is 12.8. The van der Waals surface area contributed by atoms with Crippen molar-refractivity contribution in [1.29, 1.82) is 0 Å². The molecule has 2 aromatic heterocycles. The summed E-state index contributed by atoms with van der Waals surface area (Å²) in [5, 5.41) is 11.5. The fourth-order valence-electron chi connectivity index (χ4n) is 2.64. The van der Waals surface area contributed by atoms with Crippen LogP contribution < -0.4 is 16.6 Å². The van der Waals surface area contributed by atoms with E-state index < -0.39 is 29.2 Å². The third-order valence-corrected chi connectivity index (χ3v) is 4.06. The fourth-order valence-corrected chi connectivity index (χ4v) is 2.64. The number of H-pyrrole nitrogens is 1. The number of hydrogen-bond donors (Lipinski definition) is 3. The van der Waals surface area contributed by atoms with Crippen molar-refractivity contribution < 1.29 is 19.4 Å². The van der Waals surface area contributed by atoms with Crippen LogP contribution in [0, 0.1) is 0 Å². The number of carboxylic acids is 1. The van der Waals surface area contributed by atoms with Crippen LogP contribution in [0.2, 0.25) is 0 Å². The largest absolute Gasteiger partial charge is 0.480 e. The normalized spacial score (nSPS) is 12.3. The highest BCUT2D eigenvalue weighted by Gasteiger charge is 2.25. The summed E-state index contributed by atoms with van der Waals surface area (Å²) >= 11 is 0. The average Bonchev–Trinajstić information content (AvgIpc) is 2.60. The molecule has 2 rings (SSSR count). The van der Waals surface area contributed by atoms with E-state index in [9.17, 15) is 24.3 Å². The van der Waals surface area contributed by atoms with Crippen molar-refractivity contribution in [3.8, 4) is 0 Å². The van der Waals surface area contributed by atoms with Gasteiger partial charge in [-0.25, -0.2) is 14.6 Å². The minimum absolute atomic E-state index is 0.0468. The molecule has 2 heterocycles. The molecule has 0 bridgehead atoms. The number of carbonyl (C=O) groups is 2. The van der Waals surface area contributed by atoms with Gasteiger partial charge in [0.1, 0.15) is 0 Å². The van der Waals surface area contributed by atoms with Gasteiger partial charge in [0, 0.05) is 19.3 Å². The molecule has 0 aliphatic carbocycles. The summed E-state index contributed by atoms with van der Waals surface area (Å²) in [7, 11) is 1.31. The molecular weight excluding hydrogens is 356 g/mol. The van der Waals surface area contributed by atoms with Crippen LogP contribution in [0.15, 0.2) is 15.7 Å². The number of aromatic amines is 1. The molecular formula is C17H22N4O6. The number of pyridine rings is 1. The number of methoxy groups -OCH3 is 1. The Morgan fingerprint density at radius 3 is 2.56 bits per heavy atom. The van der Waals surface area contributed by atoms with Gasteiger partial charge in [-0.05, 0) is 18.9 Å². The monoisotopic (exact) mass is 378 g/mol. The van der Waals surface area contributed by atoms with Crippen molar-refractivity contribution >= 4 is 22.9 Å². The molecule has 10 nitrogen and oxygen atoms in total. The molecule has 1 amide bonds. The Hall–Kier alpha value is -3.01. The van der Waals surface area contributed by atoms with Gasteiger partial charge in [0.15, 0.2) is 11.7 Å². The van der Waals surface area contributed by atoms with Crippen molar-refractivity contribution in [1.82, 2.24) is 19.9 Å². The van der Waals surface area contributed by atoms with E-state index in [0.29, 0.717) is 5.69 Å². The first-order valence-electron chi connectivity index (χ1n) is 8.41. The number of aryl methyl sites for hydroxylation is 1. The van der Waals surface area contributed by atoms with Crippen LogP contribution in [0.5, 0.6) is 0 Å². The molecule has 0 spiro atoms. The molecule has 10 heteroatoms. The number of ether oxygens (including phenoxy) is 1. The van der Waals surface area contributed by atoms with Crippen LogP contribution in [0.1, 0.15) is 42.7 Å². The minimum atomic E-state index is -1.29. The Bertz CT molecular complexity index is 991. The van der Waals surface area contributed by atoms with E-state index in [1.54, 1.807) is 6.92 Å². The van der Waals surface area contributed by atoms with Crippen LogP contribution in [0.3, 0.4) is 0 Å². The molecule has 0 aromatic carbocycles. The highest BCUT2D eigenvalue weighted by atomic mass is 16.5. The van der Waals surface area contributed by atoms with Gasteiger partial charge in [-0.1, -0.05) is 13.8 Å². The van der Waals surface area contributed by atoms with Crippen LogP contribution in [0.4, 0.5) is 0 Å². The number of aromatic nitrogens is 3. The Morgan fingerprint density at radius 1 is 1.37 bits per heavy atom. The maximum absolute atomic E-state index is 12.8. The molecule has 0 fully saturated rings. The molecule has 2 aromatic rings. The second-order valence-corrected chi connectivity index (χ2v) is 6.27. The quantitative estimate of drug-likeness (QED) is 0.618. The van der Waals surface area contributed by atoms with Crippen molar-refractivity contribution in [2.45, 2.75) is 39.3 Å². The van der Waals surface area contributed by atoms with Crippen molar-refractivity contribution in [3.63, 3.8) is 0 Å². The Kier molecular flexibility index (Phi) is 6.11. The Balaban J connectivity index is 2.74. The lowest BCUT2D eigenvalue weighted by Crippen LogP contribution is -2.44. The maximum Gasteiger partial charge on any atom is 0.329 e. The van der Waals surface area contributed by atoms with E-state index in [4.69, 9.17) is 4.74 Å². The first-order valence-corrected chi connectivity index (χ1v) is 8.41. The van der Waals surface area contributed by atoms with Crippen LogP contribution in [0.25, 0.3) is 11.0 Å². The molecule has 27 heavy (non-hydrogen) atoms. The van der Waals surface area contributed by atoms with Crippen LogP contribution in [-0.4, -0.2) is 51.3 Å². The summed E-state index contributed by atoms with van der Waals surface area (Å²) < 4.78 is 6.06. The lowest BCUT2D eigenvalue weighted by molar-refractivity contribution is -0.140. The lowest BCUT2D eigenvalue weighted by Gasteiger charge is -2.16. The number of hydrogen-bond acceptors (Lipinski definition) is 6. The molecule has 0 aliphatic rings. The number of nitrogens with one attached hydrogen (secondary N) is 2. The van der Waals surface area contributed by atoms with Crippen molar-refractivity contribution in [2.24, 2.45) is 0 Å². The zero-order chi connectivity index (χ0) is 20.3. The van der Waals surface area contributed by atoms with Gasteiger partial charge >= 0.3 is 11.7 Å². The number of aliphatic carboxylic acids is 1. The van der Waals surface area contributed by atoms with Gasteiger partial charge in [0.25, 0.3) is 11.5 Å². The molecule has 0 aliphatic heterocycles. The third kappa shape index (κ3) is 4.05. The van der Waals surface area contributed by atoms with Crippen molar-refractivity contribution in [3.05, 3.63) is 38.2 Å². The van der Waals surface area contributed by atoms with Gasteiger partial charge in [-0.3, -0.25) is 19.1 Å². The third-order valence-electron chi connectivity index (χ3n) is 4.06. The van der Waals surface area contributed by atoms with E-state index in [-0.39, 0.29) is 35.7 Å². The zero-order valence-electron chi connectivity index (χ0n) is 15.5. The summed E-state index contributed by atoms with van der Waals surface area (Å²) in [6.45, 7) is 5.41. The standard InChI is InChI=1S/C17H22N4O6/c1-5-21-13-12(15(23)20-17(21)26)9(6-10(18-13)8(2)3)14(22)19-11(7-27-4)16(24)25/h6,8,11H,5,7H2,1-4H3,(H,19,22)(H,24,25)(H,20,23,26). The highest BCUT2D eigenvalue weighted by Crippen LogP contribution is 2.19. The lowest BCUT2D eigenvalue weighted by atomic mass is 10.0. The van der Waals surface area contributed by atoms with E-state index in [1.807, 2.05) is 13.8 Å². The highest BCUT2D eigenvalue weighted by molar-refractivity contribution is 6.06. The van der Waals surface area contributed by atoms with E-state index in [0.717, 1.165) is 0 Å². The van der Waals surface area contributed by atoms with E-state index >= 15 is 0 Å². The molecule has 1 unspecified atom stereocenters. The van der Waals surface area contributed by atoms with Crippen molar-refractivity contribution in [2.75, 3.05) is 13.7 Å². The molecule has 146 valence electrons. The number of carbonyl (C=O) groups excluding carboxylic acids is 1. The summed E-state index contributed by atoms with van der Waals surface area (Å²) in [5.41, 5.74) is -0.849. The zero-order valence-corrected chi connectivity index (χ0v) is 15.5. The number of nitrogens with zero attached hydrogens (tertiary/aromatic N) is 2. The Labute approximate surface area is 154 Å². The molecule has 3 N–H and O–H groups in total. The summed E-state index contributed by atoms with van der Waals surface area (Å²) in [6.07, 6.45) is 0. The van der Waals surface area contributed by atoms with Gasteiger partial charge in [-0.2, -0.15) is 0 Å². The average molecular weight is 378 g/mol. The second-order valence-electron chi connectivity index (χ2n) is 6.27. The van der Waals surface area contributed by atoms with E-state index in [2.05, 4.69) is 15.3 Å². The fraction of sp³-hybridized carbons (Fsp3) is 0.471. The first-order chi connectivity index (χ1) is 12.7. The Morgan fingerprint density at radius 2 is 2.04 bits per heavy atom. The van der Waals surface area contributed by atoms with E-state index in [1.165, 1.54) is 17.7 Å². The molecule has 0 saturated carbocycles. The minimum Gasteiger partial charge on any atom is -0.480 e. The predicted molar refractivity (Wildman–Crippen MR) is 97.2 cm³/mol. The number of carboxylic acid groups (broad SMARTS) is 1. The van der Waals surface area contributed by atoms with Crippen LogP contribution in [-0.2, 0) is 16.1 Å². The topological polar surface area (TPSA) is 143 Å². The van der Waals surface area contributed by atoms with Gasteiger partial charge < -0.3 is 15.2 Å². The number of amides is 1. The predicted octanol–water partition coefficient (Wildman–Crippen LogP) is 0.0575. The number of rotatable bonds is 7. The smallest absolute Gasteiger partial charge is 0.329 e. The summed E-state index contributed by atoms with van der Waals surface area (Å²) in [4.78, 5) is 55.1. The van der Waals surface area contributed by atoms with Gasteiger partial charge in [0.2, 0.25) is 0 Å².